The van der Waals surface area contributed by atoms with Crippen molar-refractivity contribution in [2.24, 2.45) is 17.6 Å². The molecule has 1 heterocycles. The largest absolute Gasteiger partial charge is 0.330 e. The van der Waals surface area contributed by atoms with Crippen molar-refractivity contribution in [2.45, 2.75) is 40.2 Å². The number of nitrogens with two attached hydrogens (primary N) is 1. The Hall–Kier alpha value is -0.900. The van der Waals surface area contributed by atoms with Gasteiger partial charge in [-0.15, -0.1) is 0 Å². The second kappa shape index (κ2) is 5.85. The first-order valence-electron chi connectivity index (χ1n) is 5.75. The van der Waals surface area contributed by atoms with Gasteiger partial charge in [0.15, 0.2) is 0 Å². The third-order valence-corrected chi connectivity index (χ3v) is 2.82. The minimum atomic E-state index is 0.504. The van der Waals surface area contributed by atoms with Gasteiger partial charge in [-0.2, -0.15) is 5.10 Å². The van der Waals surface area contributed by atoms with Crippen LogP contribution in [0.4, 0.5) is 0 Å². The van der Waals surface area contributed by atoms with Gasteiger partial charge in [0, 0.05) is 13.0 Å². The Kier molecular flexibility index (Phi) is 4.75. The van der Waals surface area contributed by atoms with E-state index in [1.807, 2.05) is 4.68 Å². The third kappa shape index (κ3) is 3.30. The van der Waals surface area contributed by atoms with Crippen LogP contribution in [0.3, 0.4) is 0 Å². The van der Waals surface area contributed by atoms with Crippen molar-refractivity contribution in [3.8, 4) is 0 Å². The molecule has 0 fully saturated rings. The molecular formula is C11H22N4. The molecule has 1 aromatic rings. The summed E-state index contributed by atoms with van der Waals surface area (Å²) in [5.74, 6) is 2.17. The van der Waals surface area contributed by atoms with E-state index in [4.69, 9.17) is 5.73 Å². The van der Waals surface area contributed by atoms with Gasteiger partial charge in [0.1, 0.15) is 12.2 Å². The molecule has 0 aliphatic heterocycles. The second-order valence-electron chi connectivity index (χ2n) is 4.34. The molecule has 0 saturated heterocycles. The van der Waals surface area contributed by atoms with Crippen LogP contribution in [0.25, 0.3) is 0 Å². The topological polar surface area (TPSA) is 56.7 Å². The fourth-order valence-electron chi connectivity index (χ4n) is 1.67. The summed E-state index contributed by atoms with van der Waals surface area (Å²) in [6, 6.07) is 0. The Balaban J connectivity index is 2.65. The smallest absolute Gasteiger partial charge is 0.138 e. The van der Waals surface area contributed by atoms with Crippen molar-refractivity contribution < 1.29 is 0 Å². The quantitative estimate of drug-likeness (QED) is 0.773. The van der Waals surface area contributed by atoms with E-state index in [1.165, 1.54) is 0 Å². The first-order chi connectivity index (χ1) is 7.19. The normalized spacial score (nSPS) is 13.4. The summed E-state index contributed by atoms with van der Waals surface area (Å²) in [4.78, 5) is 4.30. The van der Waals surface area contributed by atoms with Crippen LogP contribution in [-0.2, 0) is 13.0 Å². The van der Waals surface area contributed by atoms with E-state index in [1.54, 1.807) is 6.33 Å². The summed E-state index contributed by atoms with van der Waals surface area (Å²) < 4.78 is 1.99. The number of hydrogen-bond acceptors (Lipinski definition) is 3. The van der Waals surface area contributed by atoms with Crippen molar-refractivity contribution in [2.75, 3.05) is 6.54 Å². The Morgan fingerprint density at radius 3 is 2.73 bits per heavy atom. The van der Waals surface area contributed by atoms with E-state index in [0.717, 1.165) is 31.8 Å². The van der Waals surface area contributed by atoms with Crippen molar-refractivity contribution in [1.82, 2.24) is 14.8 Å². The van der Waals surface area contributed by atoms with Crippen LogP contribution in [-0.4, -0.2) is 21.3 Å². The highest BCUT2D eigenvalue weighted by Crippen LogP contribution is 2.14. The number of nitrogens with zero attached hydrogens (tertiary/aromatic N) is 3. The lowest BCUT2D eigenvalue weighted by atomic mass is 9.92. The summed E-state index contributed by atoms with van der Waals surface area (Å²) in [6.45, 7) is 8.23. The summed E-state index contributed by atoms with van der Waals surface area (Å²) in [5.41, 5.74) is 5.76. The Morgan fingerprint density at radius 2 is 2.20 bits per heavy atom. The van der Waals surface area contributed by atoms with E-state index in [0.29, 0.717) is 11.8 Å². The first kappa shape index (κ1) is 12.2. The van der Waals surface area contributed by atoms with E-state index in [9.17, 15) is 0 Å². The standard InChI is InChI=1S/C11H22N4/c1-4-5-15-11(13-8-14-15)6-10(7-12)9(2)3/h8-10H,4-7,12H2,1-3H3. The highest BCUT2D eigenvalue weighted by atomic mass is 15.3. The summed E-state index contributed by atoms with van der Waals surface area (Å²) in [5, 5.41) is 4.22. The van der Waals surface area contributed by atoms with Gasteiger partial charge in [0.25, 0.3) is 0 Å². The molecule has 0 aliphatic rings. The first-order valence-corrected chi connectivity index (χ1v) is 5.75. The van der Waals surface area contributed by atoms with Gasteiger partial charge in [0.2, 0.25) is 0 Å². The molecule has 1 rings (SSSR count). The predicted molar refractivity (Wildman–Crippen MR) is 61.4 cm³/mol. The zero-order valence-electron chi connectivity index (χ0n) is 9.98. The highest BCUT2D eigenvalue weighted by molar-refractivity contribution is 4.88. The average Bonchev–Trinajstić information content (AvgIpc) is 2.62. The monoisotopic (exact) mass is 210 g/mol. The van der Waals surface area contributed by atoms with Crippen LogP contribution >= 0.6 is 0 Å². The number of aromatic nitrogens is 3. The van der Waals surface area contributed by atoms with E-state index < -0.39 is 0 Å². The minimum absolute atomic E-state index is 0.504. The van der Waals surface area contributed by atoms with Crippen LogP contribution in [0.15, 0.2) is 6.33 Å². The van der Waals surface area contributed by atoms with Crippen LogP contribution < -0.4 is 5.73 Å². The summed E-state index contributed by atoms with van der Waals surface area (Å²) >= 11 is 0. The highest BCUT2D eigenvalue weighted by Gasteiger charge is 2.15. The average molecular weight is 210 g/mol. The molecule has 86 valence electrons. The zero-order chi connectivity index (χ0) is 11.3. The maximum absolute atomic E-state index is 5.76. The molecule has 0 radical (unpaired) electrons. The molecule has 1 unspecified atom stereocenters. The second-order valence-corrected chi connectivity index (χ2v) is 4.34. The van der Waals surface area contributed by atoms with Gasteiger partial charge in [-0.05, 0) is 24.8 Å². The Morgan fingerprint density at radius 1 is 1.47 bits per heavy atom. The fraction of sp³-hybridized carbons (Fsp3) is 0.818. The van der Waals surface area contributed by atoms with Gasteiger partial charge in [-0.3, -0.25) is 4.68 Å². The van der Waals surface area contributed by atoms with Gasteiger partial charge in [0.05, 0.1) is 0 Å². The zero-order valence-corrected chi connectivity index (χ0v) is 9.98. The maximum atomic E-state index is 5.76. The Bertz CT molecular complexity index is 280. The molecule has 0 aromatic carbocycles. The lowest BCUT2D eigenvalue weighted by Crippen LogP contribution is -2.24. The molecule has 0 amide bonds. The molecule has 15 heavy (non-hydrogen) atoms. The predicted octanol–water partition coefficient (Wildman–Crippen LogP) is 1.46. The van der Waals surface area contributed by atoms with Gasteiger partial charge >= 0.3 is 0 Å². The van der Waals surface area contributed by atoms with Crippen molar-refractivity contribution in [1.29, 1.82) is 0 Å². The molecular weight excluding hydrogens is 188 g/mol. The molecule has 2 N–H and O–H groups in total. The van der Waals surface area contributed by atoms with Crippen molar-refractivity contribution in [3.05, 3.63) is 12.2 Å². The maximum Gasteiger partial charge on any atom is 0.138 e. The van der Waals surface area contributed by atoms with E-state index in [2.05, 4.69) is 30.9 Å². The number of hydrogen-bond donors (Lipinski definition) is 1. The number of rotatable bonds is 6. The molecule has 0 aliphatic carbocycles. The lowest BCUT2D eigenvalue weighted by Gasteiger charge is -2.18. The van der Waals surface area contributed by atoms with Crippen LogP contribution in [0.5, 0.6) is 0 Å². The van der Waals surface area contributed by atoms with Crippen LogP contribution in [0, 0.1) is 11.8 Å². The molecule has 0 spiro atoms. The fourth-order valence-corrected chi connectivity index (χ4v) is 1.67. The molecule has 0 bridgehead atoms. The minimum Gasteiger partial charge on any atom is -0.330 e. The molecule has 0 saturated carbocycles. The number of aryl methyl sites for hydroxylation is 1. The lowest BCUT2D eigenvalue weighted by molar-refractivity contribution is 0.375. The van der Waals surface area contributed by atoms with E-state index >= 15 is 0 Å². The summed E-state index contributed by atoms with van der Waals surface area (Å²) in [7, 11) is 0. The van der Waals surface area contributed by atoms with Crippen LogP contribution in [0.1, 0.15) is 33.0 Å². The van der Waals surface area contributed by atoms with Crippen molar-refractivity contribution >= 4 is 0 Å². The molecule has 1 aromatic heterocycles. The Labute approximate surface area is 91.9 Å². The van der Waals surface area contributed by atoms with Crippen molar-refractivity contribution in [3.63, 3.8) is 0 Å². The van der Waals surface area contributed by atoms with Gasteiger partial charge in [-0.25, -0.2) is 4.98 Å². The molecule has 1 atom stereocenters. The summed E-state index contributed by atoms with van der Waals surface area (Å²) in [6.07, 6.45) is 3.67. The van der Waals surface area contributed by atoms with E-state index in [-0.39, 0.29) is 0 Å². The third-order valence-electron chi connectivity index (χ3n) is 2.82. The van der Waals surface area contributed by atoms with Crippen LogP contribution in [0.2, 0.25) is 0 Å². The van der Waals surface area contributed by atoms with Gasteiger partial charge in [-0.1, -0.05) is 20.8 Å². The van der Waals surface area contributed by atoms with Gasteiger partial charge < -0.3 is 5.73 Å². The SMILES string of the molecule is CCCn1ncnc1CC(CN)C(C)C. The molecule has 4 heteroatoms. The molecule has 4 nitrogen and oxygen atoms in total.